The van der Waals surface area contributed by atoms with Crippen LogP contribution in [0.1, 0.15) is 25.0 Å². The van der Waals surface area contributed by atoms with Gasteiger partial charge in [0.1, 0.15) is 11.8 Å². The van der Waals surface area contributed by atoms with E-state index in [0.717, 1.165) is 5.56 Å². The van der Waals surface area contributed by atoms with E-state index in [4.69, 9.17) is 0 Å². The fourth-order valence-electron chi connectivity index (χ4n) is 2.29. The van der Waals surface area contributed by atoms with Crippen LogP contribution in [0, 0.1) is 12.8 Å². The van der Waals surface area contributed by atoms with Crippen molar-refractivity contribution < 1.29 is 18.3 Å². The molecule has 0 radical (unpaired) electrons. The Morgan fingerprint density at radius 2 is 1.81 bits per heavy atom. The van der Waals surface area contributed by atoms with Gasteiger partial charge in [0.05, 0.1) is 11.1 Å². The van der Waals surface area contributed by atoms with Gasteiger partial charge in [-0.2, -0.15) is 9.82 Å². The first-order valence-electron chi connectivity index (χ1n) is 8.40. The van der Waals surface area contributed by atoms with Crippen molar-refractivity contribution in [2.24, 2.45) is 11.0 Å². The molecular weight excluding hydrogens is 366 g/mol. The topological polar surface area (TPSA) is 108 Å². The Morgan fingerprint density at radius 1 is 1.15 bits per heavy atom. The van der Waals surface area contributed by atoms with Crippen LogP contribution in [0.25, 0.3) is 0 Å². The van der Waals surface area contributed by atoms with Crippen molar-refractivity contribution in [3.8, 4) is 5.75 Å². The summed E-state index contributed by atoms with van der Waals surface area (Å²) in [4.78, 5) is 12.5. The molecule has 3 N–H and O–H groups in total. The minimum absolute atomic E-state index is 0.0798. The molecule has 1 amide bonds. The number of hydrogen-bond acceptors (Lipinski definition) is 5. The number of carbonyl (C=O) groups is 1. The standard InChI is InChI=1S/C19H23N3O4S/c1-13(2)18(22-27(25,26)17-9-7-14(3)8-10-17)19(24)21-20-12-15-5-4-6-16(23)11-15/h4-13,18,22-23H,1-3H3,(H,21,24)/b20-12-/t18-/m1/s1. The first-order chi connectivity index (χ1) is 12.7. The number of aryl methyl sites for hydroxylation is 1. The number of phenolic OH excluding ortho intramolecular Hbond substituents is 1. The number of hydrogen-bond donors (Lipinski definition) is 3. The van der Waals surface area contributed by atoms with Gasteiger partial charge < -0.3 is 5.11 Å². The Balaban J connectivity index is 2.09. The molecule has 0 unspecified atom stereocenters. The van der Waals surface area contributed by atoms with Crippen LogP contribution in [-0.2, 0) is 14.8 Å². The average Bonchev–Trinajstić information content (AvgIpc) is 2.60. The zero-order chi connectivity index (χ0) is 20.0. The minimum Gasteiger partial charge on any atom is -0.508 e. The monoisotopic (exact) mass is 389 g/mol. The summed E-state index contributed by atoms with van der Waals surface area (Å²) in [6.45, 7) is 5.33. The van der Waals surface area contributed by atoms with Gasteiger partial charge in [0, 0.05) is 0 Å². The average molecular weight is 389 g/mol. The molecule has 2 rings (SSSR count). The van der Waals surface area contributed by atoms with E-state index in [2.05, 4.69) is 15.2 Å². The van der Waals surface area contributed by atoms with Crippen molar-refractivity contribution in [3.05, 3.63) is 59.7 Å². The van der Waals surface area contributed by atoms with Crippen LogP contribution in [0.2, 0.25) is 0 Å². The lowest BCUT2D eigenvalue weighted by Crippen LogP contribution is -2.48. The molecule has 7 nitrogen and oxygen atoms in total. The Hall–Kier alpha value is -2.71. The molecule has 144 valence electrons. The van der Waals surface area contributed by atoms with Crippen LogP contribution in [-0.4, -0.2) is 31.7 Å². The van der Waals surface area contributed by atoms with Gasteiger partial charge in [-0.3, -0.25) is 4.79 Å². The van der Waals surface area contributed by atoms with Gasteiger partial charge in [0.25, 0.3) is 5.91 Å². The lowest BCUT2D eigenvalue weighted by Gasteiger charge is -2.20. The minimum atomic E-state index is -3.84. The third-order valence-corrected chi connectivity index (χ3v) is 5.28. The van der Waals surface area contributed by atoms with Crippen LogP contribution < -0.4 is 10.1 Å². The van der Waals surface area contributed by atoms with E-state index in [0.29, 0.717) is 5.56 Å². The highest BCUT2D eigenvalue weighted by Gasteiger charge is 2.28. The Morgan fingerprint density at radius 3 is 2.41 bits per heavy atom. The summed E-state index contributed by atoms with van der Waals surface area (Å²) < 4.78 is 27.5. The highest BCUT2D eigenvalue weighted by Crippen LogP contribution is 2.13. The molecule has 0 saturated heterocycles. The largest absolute Gasteiger partial charge is 0.508 e. The maximum atomic E-state index is 12.5. The molecule has 27 heavy (non-hydrogen) atoms. The molecule has 8 heteroatoms. The number of rotatable bonds is 7. The third-order valence-electron chi connectivity index (χ3n) is 3.82. The molecule has 0 heterocycles. The smallest absolute Gasteiger partial charge is 0.258 e. The second-order valence-electron chi connectivity index (χ2n) is 6.49. The van der Waals surface area contributed by atoms with E-state index in [1.165, 1.54) is 30.5 Å². The van der Waals surface area contributed by atoms with E-state index in [9.17, 15) is 18.3 Å². The van der Waals surface area contributed by atoms with Gasteiger partial charge in [0.15, 0.2) is 0 Å². The highest BCUT2D eigenvalue weighted by atomic mass is 32.2. The highest BCUT2D eigenvalue weighted by molar-refractivity contribution is 7.89. The van der Waals surface area contributed by atoms with Gasteiger partial charge in [-0.15, -0.1) is 0 Å². The molecule has 0 aliphatic rings. The molecule has 0 aliphatic heterocycles. The van der Waals surface area contributed by atoms with Gasteiger partial charge in [-0.25, -0.2) is 13.8 Å². The first-order valence-corrected chi connectivity index (χ1v) is 9.88. The molecule has 0 saturated carbocycles. The van der Waals surface area contributed by atoms with Crippen LogP contribution in [0.15, 0.2) is 58.5 Å². The molecule has 2 aromatic carbocycles. The molecule has 0 aromatic heterocycles. The second-order valence-corrected chi connectivity index (χ2v) is 8.20. The van der Waals surface area contributed by atoms with Gasteiger partial charge in [-0.1, -0.05) is 43.7 Å². The Bertz CT molecular complexity index is 922. The molecule has 2 aromatic rings. The molecule has 1 atom stereocenters. The van der Waals surface area contributed by atoms with Crippen molar-refractivity contribution in [1.29, 1.82) is 0 Å². The summed E-state index contributed by atoms with van der Waals surface area (Å²) in [5.74, 6) is -0.783. The predicted molar refractivity (Wildman–Crippen MR) is 104 cm³/mol. The molecule has 0 fully saturated rings. The summed E-state index contributed by atoms with van der Waals surface area (Å²) in [7, 11) is -3.84. The number of nitrogens with zero attached hydrogens (tertiary/aromatic N) is 1. The zero-order valence-corrected chi connectivity index (χ0v) is 16.2. The Labute approximate surface area is 159 Å². The summed E-state index contributed by atoms with van der Waals surface area (Å²) in [5, 5.41) is 13.2. The predicted octanol–water partition coefficient (Wildman–Crippen LogP) is 2.15. The van der Waals surface area contributed by atoms with Crippen molar-refractivity contribution in [1.82, 2.24) is 10.1 Å². The fraction of sp³-hybridized carbons (Fsp3) is 0.263. The first kappa shape index (κ1) is 20.6. The van der Waals surface area contributed by atoms with Gasteiger partial charge >= 0.3 is 0 Å². The number of benzene rings is 2. The number of carbonyl (C=O) groups excluding carboxylic acids is 1. The van der Waals surface area contributed by atoms with Crippen molar-refractivity contribution in [2.45, 2.75) is 31.7 Å². The lowest BCUT2D eigenvalue weighted by molar-refractivity contribution is -0.123. The Kier molecular flexibility index (Phi) is 6.70. The maximum absolute atomic E-state index is 12.5. The van der Waals surface area contributed by atoms with Crippen molar-refractivity contribution in [3.63, 3.8) is 0 Å². The number of nitrogens with one attached hydrogen (secondary N) is 2. The summed E-state index contributed by atoms with van der Waals surface area (Å²) in [6.07, 6.45) is 1.36. The summed E-state index contributed by atoms with van der Waals surface area (Å²) in [6, 6.07) is 11.7. The van der Waals surface area contributed by atoms with Crippen molar-refractivity contribution in [2.75, 3.05) is 0 Å². The lowest BCUT2D eigenvalue weighted by atomic mass is 10.1. The van der Waals surface area contributed by atoms with Gasteiger partial charge in [-0.05, 0) is 42.7 Å². The van der Waals surface area contributed by atoms with Gasteiger partial charge in [0.2, 0.25) is 10.0 Å². The number of hydrazone groups is 1. The van der Waals surface area contributed by atoms with Crippen LogP contribution in [0.4, 0.5) is 0 Å². The van der Waals surface area contributed by atoms with E-state index in [1.54, 1.807) is 38.1 Å². The van der Waals surface area contributed by atoms with E-state index >= 15 is 0 Å². The number of amides is 1. The summed E-state index contributed by atoms with van der Waals surface area (Å²) >= 11 is 0. The fourth-order valence-corrected chi connectivity index (χ4v) is 3.63. The van der Waals surface area contributed by atoms with Crippen LogP contribution in [0.5, 0.6) is 5.75 Å². The zero-order valence-electron chi connectivity index (χ0n) is 15.4. The number of aromatic hydroxyl groups is 1. The molecular formula is C19H23N3O4S. The number of sulfonamides is 1. The second kappa shape index (κ2) is 8.79. The maximum Gasteiger partial charge on any atom is 0.258 e. The normalized spacial score (nSPS) is 13.0. The molecule has 0 spiro atoms. The van der Waals surface area contributed by atoms with Crippen LogP contribution >= 0.6 is 0 Å². The van der Waals surface area contributed by atoms with E-state index in [1.807, 2.05) is 6.92 Å². The molecule has 0 bridgehead atoms. The van der Waals surface area contributed by atoms with E-state index < -0.39 is 22.0 Å². The van der Waals surface area contributed by atoms with E-state index in [-0.39, 0.29) is 16.6 Å². The number of phenols is 1. The van der Waals surface area contributed by atoms with Crippen LogP contribution in [0.3, 0.4) is 0 Å². The summed E-state index contributed by atoms with van der Waals surface area (Å²) in [5.41, 5.74) is 3.87. The quantitative estimate of drug-likeness (QED) is 0.498. The molecule has 0 aliphatic carbocycles. The van der Waals surface area contributed by atoms with Crippen molar-refractivity contribution >= 4 is 22.1 Å². The third kappa shape index (κ3) is 5.90. The SMILES string of the molecule is Cc1ccc(S(=O)(=O)N[C@@H](C(=O)N/N=C\c2cccc(O)c2)C(C)C)cc1.